The highest BCUT2D eigenvalue weighted by molar-refractivity contribution is 7.90. The zero-order valence-electron chi connectivity index (χ0n) is 15.3. The van der Waals surface area contributed by atoms with E-state index in [0.717, 1.165) is 6.26 Å². The smallest absolute Gasteiger partial charge is 0.231 e. The van der Waals surface area contributed by atoms with E-state index in [-0.39, 0.29) is 29.2 Å². The van der Waals surface area contributed by atoms with Crippen molar-refractivity contribution in [3.8, 4) is 0 Å². The molecule has 2 aromatic rings. The zero-order chi connectivity index (χ0) is 19.8. The van der Waals surface area contributed by atoms with Gasteiger partial charge < -0.3 is 15.0 Å². The van der Waals surface area contributed by atoms with Gasteiger partial charge in [0.2, 0.25) is 11.8 Å². The van der Waals surface area contributed by atoms with E-state index in [1.54, 1.807) is 24.1 Å². The Kier molecular flexibility index (Phi) is 5.50. The van der Waals surface area contributed by atoms with Crippen LogP contribution in [0.1, 0.15) is 13.3 Å². The first-order chi connectivity index (χ1) is 12.7. The van der Waals surface area contributed by atoms with Crippen LogP contribution >= 0.6 is 11.3 Å². The van der Waals surface area contributed by atoms with E-state index < -0.39 is 15.8 Å². The second kappa shape index (κ2) is 7.53. The summed E-state index contributed by atoms with van der Waals surface area (Å²) in [7, 11) is -1.74. The number of sulfone groups is 1. The third-order valence-corrected chi connectivity index (χ3v) is 6.53. The van der Waals surface area contributed by atoms with Gasteiger partial charge in [0.05, 0.1) is 33.7 Å². The molecule has 1 fully saturated rings. The number of thiazole rings is 1. The number of aromatic nitrogens is 1. The lowest BCUT2D eigenvalue weighted by Crippen LogP contribution is -2.38. The maximum atomic E-state index is 12.5. The number of rotatable bonds is 6. The summed E-state index contributed by atoms with van der Waals surface area (Å²) in [5.41, 5.74) is 0.612. The molecule has 1 aliphatic rings. The maximum absolute atomic E-state index is 12.5. The number of hydrogen-bond donors (Lipinski definition) is 1. The fraction of sp³-hybridized carbons (Fsp3) is 0.471. The molecule has 0 saturated carbocycles. The molecule has 1 saturated heterocycles. The van der Waals surface area contributed by atoms with Crippen LogP contribution in [0.15, 0.2) is 23.1 Å². The number of methoxy groups -OCH3 is 1. The van der Waals surface area contributed by atoms with E-state index in [4.69, 9.17) is 4.74 Å². The Morgan fingerprint density at radius 1 is 1.48 bits per heavy atom. The van der Waals surface area contributed by atoms with Crippen molar-refractivity contribution in [2.45, 2.75) is 24.3 Å². The van der Waals surface area contributed by atoms with E-state index in [1.165, 1.54) is 17.4 Å². The van der Waals surface area contributed by atoms with Crippen LogP contribution < -0.4 is 5.32 Å². The van der Waals surface area contributed by atoms with Gasteiger partial charge in [-0.2, -0.15) is 0 Å². The van der Waals surface area contributed by atoms with Crippen LogP contribution in [0.5, 0.6) is 0 Å². The first kappa shape index (κ1) is 19.7. The van der Waals surface area contributed by atoms with E-state index in [9.17, 15) is 18.0 Å². The highest BCUT2D eigenvalue weighted by Gasteiger charge is 2.36. The van der Waals surface area contributed by atoms with Crippen molar-refractivity contribution in [3.63, 3.8) is 0 Å². The normalized spacial score (nSPS) is 18.9. The minimum Gasteiger partial charge on any atom is -0.383 e. The molecule has 0 bridgehead atoms. The summed E-state index contributed by atoms with van der Waals surface area (Å²) in [6, 6.07) is 4.57. The van der Waals surface area contributed by atoms with Gasteiger partial charge in [-0.15, -0.1) is 0 Å². The molecule has 1 N–H and O–H groups in total. The quantitative estimate of drug-likeness (QED) is 0.773. The molecule has 27 heavy (non-hydrogen) atoms. The molecule has 1 aromatic carbocycles. The predicted molar refractivity (Wildman–Crippen MR) is 103 cm³/mol. The van der Waals surface area contributed by atoms with Gasteiger partial charge in [0, 0.05) is 26.3 Å². The van der Waals surface area contributed by atoms with Crippen LogP contribution in [-0.2, 0) is 24.2 Å². The molecule has 3 rings (SSSR count). The molecule has 1 aromatic heterocycles. The number of nitrogens with zero attached hydrogens (tertiary/aromatic N) is 2. The fourth-order valence-electron chi connectivity index (χ4n) is 3.06. The first-order valence-electron chi connectivity index (χ1n) is 8.39. The third-order valence-electron chi connectivity index (χ3n) is 4.49. The summed E-state index contributed by atoms with van der Waals surface area (Å²) in [4.78, 5) is 30.9. The summed E-state index contributed by atoms with van der Waals surface area (Å²) in [5, 5.41) is 3.14. The Hall–Kier alpha value is -2.04. The number of likely N-dealkylation sites (tertiary alicyclic amines) is 1. The predicted octanol–water partition coefficient (Wildman–Crippen LogP) is 1.52. The van der Waals surface area contributed by atoms with E-state index >= 15 is 0 Å². The summed E-state index contributed by atoms with van der Waals surface area (Å²) >= 11 is 1.20. The van der Waals surface area contributed by atoms with Crippen LogP contribution in [0.25, 0.3) is 10.2 Å². The number of hydrogen-bond acceptors (Lipinski definition) is 7. The number of ether oxygens (including phenoxy) is 1. The first-order valence-corrected chi connectivity index (χ1v) is 11.1. The summed E-state index contributed by atoms with van der Waals surface area (Å²) < 4.78 is 29.1. The third kappa shape index (κ3) is 4.28. The minimum absolute atomic E-state index is 0.0678. The van der Waals surface area contributed by atoms with Crippen LogP contribution in [0, 0.1) is 5.92 Å². The molecule has 146 valence electrons. The van der Waals surface area contributed by atoms with Crippen molar-refractivity contribution in [2.24, 2.45) is 5.92 Å². The molecule has 1 aliphatic heterocycles. The maximum Gasteiger partial charge on any atom is 0.231 e. The lowest BCUT2D eigenvalue weighted by Gasteiger charge is -2.23. The van der Waals surface area contributed by atoms with Crippen molar-refractivity contribution >= 4 is 48.3 Å². The standard InChI is InChI=1S/C17H21N3O5S2/c1-10(9-25-2)20-8-11(6-15(20)21)16(22)19-17-18-13-5-4-12(27(3,23)24)7-14(13)26-17/h4-5,7,10-11H,6,8-9H2,1-3H3,(H,18,19,22)/t10-,11-/m1/s1. The number of nitrogens with one attached hydrogen (secondary N) is 1. The Bertz CT molecular complexity index is 986. The van der Waals surface area contributed by atoms with Crippen LogP contribution in [-0.4, -0.2) is 62.7 Å². The average molecular weight is 412 g/mol. The van der Waals surface area contributed by atoms with Crippen molar-refractivity contribution in [1.29, 1.82) is 0 Å². The Morgan fingerprint density at radius 2 is 2.22 bits per heavy atom. The van der Waals surface area contributed by atoms with Gasteiger partial charge in [0.15, 0.2) is 15.0 Å². The highest BCUT2D eigenvalue weighted by Crippen LogP contribution is 2.29. The lowest BCUT2D eigenvalue weighted by molar-refractivity contribution is -0.130. The van der Waals surface area contributed by atoms with Gasteiger partial charge in [-0.1, -0.05) is 11.3 Å². The van der Waals surface area contributed by atoms with Crippen LogP contribution in [0.2, 0.25) is 0 Å². The van der Waals surface area contributed by atoms with Crippen molar-refractivity contribution < 1.29 is 22.7 Å². The van der Waals surface area contributed by atoms with Crippen LogP contribution in [0.4, 0.5) is 5.13 Å². The average Bonchev–Trinajstić information content (AvgIpc) is 3.16. The highest BCUT2D eigenvalue weighted by atomic mass is 32.2. The van der Waals surface area contributed by atoms with Crippen molar-refractivity contribution in [1.82, 2.24) is 9.88 Å². The number of anilines is 1. The van der Waals surface area contributed by atoms with Gasteiger partial charge in [-0.25, -0.2) is 13.4 Å². The summed E-state index contributed by atoms with van der Waals surface area (Å²) in [6.07, 6.45) is 1.30. The van der Waals surface area contributed by atoms with Crippen LogP contribution in [0.3, 0.4) is 0 Å². The van der Waals surface area contributed by atoms with E-state index in [0.29, 0.717) is 28.5 Å². The Morgan fingerprint density at radius 3 is 2.89 bits per heavy atom. The lowest BCUT2D eigenvalue weighted by atomic mass is 10.1. The number of carbonyl (C=O) groups is 2. The van der Waals surface area contributed by atoms with E-state index in [2.05, 4.69) is 10.3 Å². The van der Waals surface area contributed by atoms with Gasteiger partial charge >= 0.3 is 0 Å². The second-order valence-corrected chi connectivity index (χ2v) is 9.71. The van der Waals surface area contributed by atoms with Gasteiger partial charge in [0.1, 0.15) is 0 Å². The van der Waals surface area contributed by atoms with Gasteiger partial charge in [-0.3, -0.25) is 9.59 Å². The van der Waals surface area contributed by atoms with Gasteiger partial charge in [0.25, 0.3) is 0 Å². The molecule has 2 amide bonds. The molecule has 10 heteroatoms. The monoisotopic (exact) mass is 411 g/mol. The molecule has 2 atom stereocenters. The molecule has 8 nitrogen and oxygen atoms in total. The SMILES string of the molecule is COC[C@@H](C)N1C[C@H](C(=O)Nc2nc3ccc(S(C)(=O)=O)cc3s2)CC1=O. The molecular formula is C17H21N3O5S2. The Balaban J connectivity index is 1.72. The molecular weight excluding hydrogens is 390 g/mol. The number of amides is 2. The Labute approximate surface area is 161 Å². The van der Waals surface area contributed by atoms with Crippen molar-refractivity contribution in [3.05, 3.63) is 18.2 Å². The molecule has 0 radical (unpaired) electrons. The van der Waals surface area contributed by atoms with Gasteiger partial charge in [-0.05, 0) is 25.1 Å². The summed E-state index contributed by atoms with van der Waals surface area (Å²) in [5.74, 6) is -0.782. The molecule has 2 heterocycles. The largest absolute Gasteiger partial charge is 0.383 e. The number of benzene rings is 1. The molecule has 0 spiro atoms. The number of carbonyl (C=O) groups excluding carboxylic acids is 2. The van der Waals surface area contributed by atoms with E-state index in [1.807, 2.05) is 6.92 Å². The minimum atomic E-state index is -3.31. The number of fused-ring (bicyclic) bond motifs is 1. The second-order valence-electron chi connectivity index (χ2n) is 6.66. The fourth-order valence-corrected chi connectivity index (χ4v) is 4.69. The topological polar surface area (TPSA) is 106 Å². The molecule has 0 aliphatic carbocycles. The van der Waals surface area contributed by atoms with Crippen molar-refractivity contribution in [2.75, 3.05) is 31.8 Å². The molecule has 0 unspecified atom stereocenters. The summed E-state index contributed by atoms with van der Waals surface area (Å²) in [6.45, 7) is 2.65. The zero-order valence-corrected chi connectivity index (χ0v) is 16.9.